The Bertz CT molecular complexity index is 1050. The van der Waals surface area contributed by atoms with Gasteiger partial charge in [-0.25, -0.2) is 4.98 Å². The molecule has 30 heavy (non-hydrogen) atoms. The fraction of sp³-hybridized carbons (Fsp3) is 0.364. The molecule has 8 heteroatoms. The molecule has 0 bridgehead atoms. The Labute approximate surface area is 190 Å². The SMILES string of the molecule is CCc1cccc2sc(N3CCN(CCNC(=O)c4ccc(Cl)cc4Cl)CC3)nc12. The summed E-state index contributed by atoms with van der Waals surface area (Å²) in [5.41, 5.74) is 2.91. The van der Waals surface area contributed by atoms with Crippen molar-refractivity contribution in [1.29, 1.82) is 0 Å². The van der Waals surface area contributed by atoms with E-state index in [4.69, 9.17) is 28.2 Å². The van der Waals surface area contributed by atoms with Gasteiger partial charge < -0.3 is 10.2 Å². The number of para-hydroxylation sites is 1. The van der Waals surface area contributed by atoms with E-state index in [0.717, 1.165) is 49.8 Å². The maximum absolute atomic E-state index is 12.3. The van der Waals surface area contributed by atoms with Crippen LogP contribution in [-0.2, 0) is 6.42 Å². The van der Waals surface area contributed by atoms with E-state index in [1.165, 1.54) is 10.3 Å². The molecule has 2 heterocycles. The summed E-state index contributed by atoms with van der Waals surface area (Å²) < 4.78 is 1.26. The van der Waals surface area contributed by atoms with Crippen molar-refractivity contribution < 1.29 is 4.79 Å². The molecule has 1 fully saturated rings. The number of aromatic nitrogens is 1. The Morgan fingerprint density at radius 1 is 1.17 bits per heavy atom. The van der Waals surface area contributed by atoms with Crippen molar-refractivity contribution in [3.63, 3.8) is 0 Å². The molecule has 2 aromatic carbocycles. The van der Waals surface area contributed by atoms with Crippen molar-refractivity contribution >= 4 is 55.8 Å². The van der Waals surface area contributed by atoms with Crippen LogP contribution < -0.4 is 10.2 Å². The molecule has 4 rings (SSSR count). The van der Waals surface area contributed by atoms with E-state index in [2.05, 4.69) is 40.2 Å². The van der Waals surface area contributed by atoms with Gasteiger partial charge in [0.25, 0.3) is 5.91 Å². The monoisotopic (exact) mass is 462 g/mol. The van der Waals surface area contributed by atoms with Crippen molar-refractivity contribution in [2.75, 3.05) is 44.2 Å². The van der Waals surface area contributed by atoms with Crippen molar-refractivity contribution in [3.8, 4) is 0 Å². The molecule has 0 radical (unpaired) electrons. The molecule has 158 valence electrons. The minimum atomic E-state index is -0.170. The molecule has 0 aliphatic carbocycles. The number of rotatable bonds is 6. The lowest BCUT2D eigenvalue weighted by molar-refractivity contribution is 0.0948. The lowest BCUT2D eigenvalue weighted by Crippen LogP contribution is -2.48. The number of benzene rings is 2. The smallest absolute Gasteiger partial charge is 0.252 e. The Morgan fingerprint density at radius 3 is 2.70 bits per heavy atom. The number of aryl methyl sites for hydroxylation is 1. The number of fused-ring (bicyclic) bond motifs is 1. The average molecular weight is 463 g/mol. The quantitative estimate of drug-likeness (QED) is 0.575. The summed E-state index contributed by atoms with van der Waals surface area (Å²) in [5.74, 6) is -0.170. The van der Waals surface area contributed by atoms with Crippen molar-refractivity contribution in [1.82, 2.24) is 15.2 Å². The van der Waals surface area contributed by atoms with Gasteiger partial charge in [0.1, 0.15) is 0 Å². The Kier molecular flexibility index (Phi) is 6.78. The molecule has 1 aromatic heterocycles. The Morgan fingerprint density at radius 2 is 1.97 bits per heavy atom. The third kappa shape index (κ3) is 4.72. The zero-order valence-electron chi connectivity index (χ0n) is 16.8. The van der Waals surface area contributed by atoms with Gasteiger partial charge in [-0.3, -0.25) is 9.69 Å². The predicted molar refractivity (Wildman–Crippen MR) is 126 cm³/mol. The number of nitrogens with one attached hydrogen (secondary N) is 1. The molecule has 1 aliphatic heterocycles. The Balaban J connectivity index is 1.27. The first kappa shape index (κ1) is 21.4. The van der Waals surface area contributed by atoms with Gasteiger partial charge in [-0.15, -0.1) is 0 Å². The zero-order chi connectivity index (χ0) is 21.1. The summed E-state index contributed by atoms with van der Waals surface area (Å²) in [7, 11) is 0. The second kappa shape index (κ2) is 9.52. The number of hydrogen-bond donors (Lipinski definition) is 1. The van der Waals surface area contributed by atoms with E-state index < -0.39 is 0 Å². The molecule has 0 saturated carbocycles. The third-order valence-electron chi connectivity index (χ3n) is 5.40. The summed E-state index contributed by atoms with van der Waals surface area (Å²) in [6.07, 6.45) is 1.00. The van der Waals surface area contributed by atoms with E-state index in [0.29, 0.717) is 22.2 Å². The predicted octanol–water partition coefficient (Wildman–Crippen LogP) is 4.72. The fourth-order valence-corrected chi connectivity index (χ4v) is 5.23. The van der Waals surface area contributed by atoms with Gasteiger partial charge in [-0.05, 0) is 36.2 Å². The van der Waals surface area contributed by atoms with E-state index in [1.807, 2.05) is 0 Å². The largest absolute Gasteiger partial charge is 0.351 e. The normalized spacial score (nSPS) is 15.0. The highest BCUT2D eigenvalue weighted by Crippen LogP contribution is 2.31. The first-order valence-electron chi connectivity index (χ1n) is 10.1. The molecule has 5 nitrogen and oxygen atoms in total. The molecular weight excluding hydrogens is 439 g/mol. The summed E-state index contributed by atoms with van der Waals surface area (Å²) in [4.78, 5) is 22.0. The lowest BCUT2D eigenvalue weighted by atomic mass is 10.1. The number of nitrogens with zero attached hydrogens (tertiary/aromatic N) is 3. The van der Waals surface area contributed by atoms with Crippen LogP contribution in [0.1, 0.15) is 22.8 Å². The molecule has 0 atom stereocenters. The van der Waals surface area contributed by atoms with Crippen LogP contribution in [0.4, 0.5) is 5.13 Å². The van der Waals surface area contributed by atoms with Crippen LogP contribution in [0.25, 0.3) is 10.2 Å². The summed E-state index contributed by atoms with van der Waals surface area (Å²) >= 11 is 13.8. The summed E-state index contributed by atoms with van der Waals surface area (Å²) in [6, 6.07) is 11.3. The molecule has 0 spiro atoms. The minimum absolute atomic E-state index is 0.170. The van der Waals surface area contributed by atoms with Gasteiger partial charge in [0, 0.05) is 44.3 Å². The Hall–Kier alpha value is -1.86. The number of thiazole rings is 1. The molecule has 3 aromatic rings. The number of carbonyl (C=O) groups is 1. The summed E-state index contributed by atoms with van der Waals surface area (Å²) in [6.45, 7) is 7.36. The highest BCUT2D eigenvalue weighted by Gasteiger charge is 2.20. The topological polar surface area (TPSA) is 48.5 Å². The van der Waals surface area contributed by atoms with Gasteiger partial charge in [0.2, 0.25) is 0 Å². The highest BCUT2D eigenvalue weighted by molar-refractivity contribution is 7.22. The van der Waals surface area contributed by atoms with Gasteiger partial charge in [-0.1, -0.05) is 53.6 Å². The maximum atomic E-state index is 12.3. The number of anilines is 1. The first-order chi connectivity index (χ1) is 14.5. The average Bonchev–Trinajstić information content (AvgIpc) is 3.18. The van der Waals surface area contributed by atoms with E-state index in [-0.39, 0.29) is 5.91 Å². The summed E-state index contributed by atoms with van der Waals surface area (Å²) in [5, 5.41) is 4.95. The number of carbonyl (C=O) groups excluding carboxylic acids is 1. The van der Waals surface area contributed by atoms with Crippen LogP contribution in [0.3, 0.4) is 0 Å². The molecule has 1 aliphatic rings. The van der Waals surface area contributed by atoms with Crippen LogP contribution in [-0.4, -0.2) is 55.1 Å². The molecule has 1 saturated heterocycles. The van der Waals surface area contributed by atoms with Crippen LogP contribution >= 0.6 is 34.5 Å². The maximum Gasteiger partial charge on any atom is 0.252 e. The third-order valence-corrected chi connectivity index (χ3v) is 7.03. The van der Waals surface area contributed by atoms with Gasteiger partial charge in [0.05, 0.1) is 20.8 Å². The minimum Gasteiger partial charge on any atom is -0.351 e. The van der Waals surface area contributed by atoms with E-state index in [9.17, 15) is 4.79 Å². The lowest BCUT2D eigenvalue weighted by Gasteiger charge is -2.34. The second-order valence-corrected chi connectivity index (χ2v) is 9.18. The van der Waals surface area contributed by atoms with Gasteiger partial charge in [0.15, 0.2) is 5.13 Å². The van der Waals surface area contributed by atoms with Crippen LogP contribution in [0.5, 0.6) is 0 Å². The molecule has 1 amide bonds. The van der Waals surface area contributed by atoms with Crippen molar-refractivity contribution in [2.24, 2.45) is 0 Å². The highest BCUT2D eigenvalue weighted by atomic mass is 35.5. The molecular formula is C22H24Cl2N4OS. The number of hydrogen-bond acceptors (Lipinski definition) is 5. The van der Waals surface area contributed by atoms with Gasteiger partial charge >= 0.3 is 0 Å². The standard InChI is InChI=1S/C22H24Cl2N4OS/c1-2-15-4-3-5-19-20(15)26-22(30-19)28-12-10-27(11-13-28)9-8-25-21(29)17-7-6-16(23)14-18(17)24/h3-7,14H,2,8-13H2,1H3,(H,25,29). The van der Waals surface area contributed by atoms with E-state index in [1.54, 1.807) is 29.5 Å². The molecule has 0 unspecified atom stereocenters. The molecule has 1 N–H and O–H groups in total. The number of amides is 1. The van der Waals surface area contributed by atoms with Crippen LogP contribution in [0, 0.1) is 0 Å². The van der Waals surface area contributed by atoms with Crippen LogP contribution in [0.2, 0.25) is 10.0 Å². The van der Waals surface area contributed by atoms with Crippen LogP contribution in [0.15, 0.2) is 36.4 Å². The number of piperazine rings is 1. The fourth-order valence-electron chi connectivity index (χ4n) is 3.67. The van der Waals surface area contributed by atoms with Crippen molar-refractivity contribution in [3.05, 3.63) is 57.6 Å². The van der Waals surface area contributed by atoms with Gasteiger partial charge in [-0.2, -0.15) is 0 Å². The van der Waals surface area contributed by atoms with Crippen molar-refractivity contribution in [2.45, 2.75) is 13.3 Å². The number of halogens is 2. The zero-order valence-corrected chi connectivity index (χ0v) is 19.2. The first-order valence-corrected chi connectivity index (χ1v) is 11.7. The second-order valence-electron chi connectivity index (χ2n) is 7.32. The van der Waals surface area contributed by atoms with E-state index >= 15 is 0 Å².